The molecule has 0 atom stereocenters. The lowest BCUT2D eigenvalue weighted by Gasteiger charge is -2.05. The molecule has 92 valence electrons. The van der Waals surface area contributed by atoms with E-state index >= 15 is 0 Å². The molecular weight excluding hydrogens is 292 g/mol. The molecule has 0 aliphatic heterocycles. The van der Waals surface area contributed by atoms with Crippen LogP contribution in [0.1, 0.15) is 25.5 Å². The first kappa shape index (κ1) is 12.7. The lowest BCUT2D eigenvalue weighted by molar-refractivity contribution is 0.532. The van der Waals surface area contributed by atoms with E-state index in [-0.39, 0.29) is 0 Å². The third-order valence-corrected chi connectivity index (χ3v) is 3.16. The van der Waals surface area contributed by atoms with Gasteiger partial charge in [-0.15, -0.1) is 0 Å². The van der Waals surface area contributed by atoms with Gasteiger partial charge in [-0.3, -0.25) is 4.68 Å². The van der Waals surface area contributed by atoms with E-state index in [0.717, 1.165) is 15.8 Å². The van der Waals surface area contributed by atoms with Gasteiger partial charge in [0.1, 0.15) is 6.07 Å². The van der Waals surface area contributed by atoms with E-state index in [0.29, 0.717) is 11.6 Å². The first-order chi connectivity index (χ1) is 8.60. The smallest absolute Gasteiger partial charge is 0.100 e. The summed E-state index contributed by atoms with van der Waals surface area (Å²) >= 11 is 3.37. The topological polar surface area (TPSA) is 53.6 Å². The Morgan fingerprint density at radius 2 is 2.17 bits per heavy atom. The Labute approximate surface area is 114 Å². The van der Waals surface area contributed by atoms with Gasteiger partial charge < -0.3 is 5.32 Å². The SMILES string of the molecule is CC(C)n1cc(Nc2ccc(C#N)c(Br)c2)cn1. The second kappa shape index (κ2) is 5.23. The molecule has 2 rings (SSSR count). The second-order valence-electron chi connectivity index (χ2n) is 4.23. The second-order valence-corrected chi connectivity index (χ2v) is 5.09. The van der Waals surface area contributed by atoms with Crippen molar-refractivity contribution in [2.24, 2.45) is 0 Å². The van der Waals surface area contributed by atoms with E-state index in [2.05, 4.69) is 46.3 Å². The molecule has 1 aromatic carbocycles. The molecule has 0 aliphatic carbocycles. The number of nitriles is 1. The molecule has 1 aromatic heterocycles. The van der Waals surface area contributed by atoms with Gasteiger partial charge in [0.2, 0.25) is 0 Å². The fraction of sp³-hybridized carbons (Fsp3) is 0.231. The van der Waals surface area contributed by atoms with Crippen LogP contribution in [-0.4, -0.2) is 9.78 Å². The van der Waals surface area contributed by atoms with Crippen molar-refractivity contribution in [2.75, 3.05) is 5.32 Å². The van der Waals surface area contributed by atoms with Crippen molar-refractivity contribution in [2.45, 2.75) is 19.9 Å². The average molecular weight is 305 g/mol. The number of aromatic nitrogens is 2. The number of halogens is 1. The Bertz CT molecular complexity index is 595. The molecule has 1 heterocycles. The van der Waals surface area contributed by atoms with Crippen molar-refractivity contribution < 1.29 is 0 Å². The average Bonchev–Trinajstić information content (AvgIpc) is 2.78. The highest BCUT2D eigenvalue weighted by Gasteiger charge is 2.04. The summed E-state index contributed by atoms with van der Waals surface area (Å²) in [5.41, 5.74) is 2.47. The number of hydrogen-bond acceptors (Lipinski definition) is 3. The predicted molar refractivity (Wildman–Crippen MR) is 74.8 cm³/mol. The molecule has 0 spiro atoms. The van der Waals surface area contributed by atoms with Gasteiger partial charge in [0.25, 0.3) is 0 Å². The molecule has 0 aliphatic rings. The highest BCUT2D eigenvalue weighted by atomic mass is 79.9. The summed E-state index contributed by atoms with van der Waals surface area (Å²) in [5, 5.41) is 16.4. The Kier molecular flexibility index (Phi) is 3.68. The van der Waals surface area contributed by atoms with Crippen LogP contribution in [-0.2, 0) is 0 Å². The van der Waals surface area contributed by atoms with E-state index in [9.17, 15) is 0 Å². The van der Waals surface area contributed by atoms with Gasteiger partial charge in [-0.2, -0.15) is 10.4 Å². The normalized spacial score (nSPS) is 10.4. The summed E-state index contributed by atoms with van der Waals surface area (Å²) in [7, 11) is 0. The van der Waals surface area contributed by atoms with Gasteiger partial charge in [-0.25, -0.2) is 0 Å². The maximum absolute atomic E-state index is 8.85. The molecule has 1 N–H and O–H groups in total. The third kappa shape index (κ3) is 2.71. The van der Waals surface area contributed by atoms with Crippen LogP contribution in [0.5, 0.6) is 0 Å². The van der Waals surface area contributed by atoms with Crippen molar-refractivity contribution in [3.05, 3.63) is 40.6 Å². The minimum atomic E-state index is 0.341. The van der Waals surface area contributed by atoms with E-state index in [1.54, 1.807) is 12.3 Å². The number of anilines is 2. The summed E-state index contributed by atoms with van der Waals surface area (Å²) in [4.78, 5) is 0. The van der Waals surface area contributed by atoms with Crippen molar-refractivity contribution in [3.63, 3.8) is 0 Å². The molecule has 5 heteroatoms. The van der Waals surface area contributed by atoms with Crippen molar-refractivity contribution >= 4 is 27.3 Å². The third-order valence-electron chi connectivity index (χ3n) is 2.51. The quantitative estimate of drug-likeness (QED) is 0.937. The Balaban J connectivity index is 2.18. The van der Waals surface area contributed by atoms with Gasteiger partial charge in [-0.05, 0) is 48.0 Å². The van der Waals surface area contributed by atoms with Gasteiger partial charge >= 0.3 is 0 Å². The fourth-order valence-electron chi connectivity index (χ4n) is 1.54. The van der Waals surface area contributed by atoms with Crippen LogP contribution >= 0.6 is 15.9 Å². The summed E-state index contributed by atoms with van der Waals surface area (Å²) < 4.78 is 2.67. The van der Waals surface area contributed by atoms with E-state index < -0.39 is 0 Å². The van der Waals surface area contributed by atoms with Crippen LogP contribution in [0.3, 0.4) is 0 Å². The maximum atomic E-state index is 8.85. The van der Waals surface area contributed by atoms with Crippen molar-refractivity contribution in [1.29, 1.82) is 5.26 Å². The zero-order valence-electron chi connectivity index (χ0n) is 10.2. The summed E-state index contributed by atoms with van der Waals surface area (Å²) in [6.45, 7) is 4.16. The first-order valence-corrected chi connectivity index (χ1v) is 6.40. The summed E-state index contributed by atoms with van der Waals surface area (Å²) in [6.07, 6.45) is 3.74. The molecule has 0 unspecified atom stereocenters. The highest BCUT2D eigenvalue weighted by Crippen LogP contribution is 2.23. The van der Waals surface area contributed by atoms with Crippen LogP contribution in [0, 0.1) is 11.3 Å². The van der Waals surface area contributed by atoms with Crippen molar-refractivity contribution in [1.82, 2.24) is 9.78 Å². The lowest BCUT2D eigenvalue weighted by atomic mass is 10.2. The molecule has 2 aromatic rings. The molecule has 0 fully saturated rings. The van der Waals surface area contributed by atoms with Gasteiger partial charge in [0.15, 0.2) is 0 Å². The Morgan fingerprint density at radius 3 is 2.72 bits per heavy atom. The molecule has 0 saturated carbocycles. The molecule has 4 nitrogen and oxygen atoms in total. The first-order valence-electron chi connectivity index (χ1n) is 5.61. The monoisotopic (exact) mass is 304 g/mol. The summed E-state index contributed by atoms with van der Waals surface area (Å²) in [5.74, 6) is 0. The minimum Gasteiger partial charge on any atom is -0.353 e. The summed E-state index contributed by atoms with van der Waals surface area (Å²) in [6, 6.07) is 7.98. The number of rotatable bonds is 3. The Hall–Kier alpha value is -1.80. The van der Waals surface area contributed by atoms with Crippen LogP contribution in [0.15, 0.2) is 35.1 Å². The number of hydrogen-bond donors (Lipinski definition) is 1. The lowest BCUT2D eigenvalue weighted by Crippen LogP contribution is -1.99. The minimum absolute atomic E-state index is 0.341. The van der Waals surface area contributed by atoms with Gasteiger partial charge in [-0.1, -0.05) is 0 Å². The highest BCUT2D eigenvalue weighted by molar-refractivity contribution is 9.10. The standard InChI is InChI=1S/C13H13BrN4/c1-9(2)18-8-12(7-16-18)17-11-4-3-10(6-15)13(14)5-11/h3-5,7-9,17H,1-2H3. The molecule has 0 amide bonds. The number of nitrogens with zero attached hydrogens (tertiary/aromatic N) is 3. The van der Waals surface area contributed by atoms with E-state index in [4.69, 9.17) is 5.26 Å². The fourth-order valence-corrected chi connectivity index (χ4v) is 2.00. The molecular formula is C13H13BrN4. The number of nitrogens with one attached hydrogen (secondary N) is 1. The van der Waals surface area contributed by atoms with Crippen LogP contribution in [0.25, 0.3) is 0 Å². The molecule has 0 bridgehead atoms. The molecule has 0 radical (unpaired) electrons. The van der Waals surface area contributed by atoms with E-state index in [1.807, 2.05) is 23.0 Å². The predicted octanol–water partition coefficient (Wildman–Crippen LogP) is 3.84. The van der Waals surface area contributed by atoms with Gasteiger partial charge in [0, 0.05) is 22.4 Å². The zero-order chi connectivity index (χ0) is 13.1. The molecule has 0 saturated heterocycles. The van der Waals surface area contributed by atoms with Crippen LogP contribution < -0.4 is 5.32 Å². The van der Waals surface area contributed by atoms with Crippen LogP contribution in [0.2, 0.25) is 0 Å². The number of benzene rings is 1. The van der Waals surface area contributed by atoms with Crippen molar-refractivity contribution in [3.8, 4) is 6.07 Å². The van der Waals surface area contributed by atoms with Gasteiger partial charge in [0.05, 0.1) is 17.4 Å². The van der Waals surface area contributed by atoms with E-state index in [1.165, 1.54) is 0 Å². The Morgan fingerprint density at radius 1 is 1.39 bits per heavy atom. The van der Waals surface area contributed by atoms with Crippen LogP contribution in [0.4, 0.5) is 11.4 Å². The zero-order valence-corrected chi connectivity index (χ0v) is 11.8. The maximum Gasteiger partial charge on any atom is 0.100 e. The molecule has 18 heavy (non-hydrogen) atoms. The largest absolute Gasteiger partial charge is 0.353 e.